The van der Waals surface area contributed by atoms with Gasteiger partial charge >= 0.3 is 0 Å². The first-order valence-electron chi connectivity index (χ1n) is 7.98. The molecule has 0 spiro atoms. The first-order valence-corrected chi connectivity index (χ1v) is 7.98. The second kappa shape index (κ2) is 5.24. The summed E-state index contributed by atoms with van der Waals surface area (Å²) >= 11 is 0. The lowest BCUT2D eigenvalue weighted by Gasteiger charge is -2.04. The number of aromatic amines is 2. The summed E-state index contributed by atoms with van der Waals surface area (Å²) in [6, 6.07) is 8.12. The lowest BCUT2D eigenvalue weighted by Crippen LogP contribution is -1.87. The monoisotopic (exact) mass is 326 g/mol. The second-order valence-corrected chi connectivity index (χ2v) is 6.03. The zero-order chi connectivity index (χ0) is 16.8. The van der Waals surface area contributed by atoms with Gasteiger partial charge in [-0.25, -0.2) is 4.98 Å². The van der Waals surface area contributed by atoms with E-state index in [0.717, 1.165) is 50.0 Å². The number of nitrogens with zero attached hydrogens (tertiary/aromatic N) is 4. The van der Waals surface area contributed by atoms with Crippen molar-refractivity contribution in [2.45, 2.75) is 6.92 Å². The van der Waals surface area contributed by atoms with E-state index in [1.807, 2.05) is 30.7 Å². The van der Waals surface area contributed by atoms with Crippen LogP contribution in [0.3, 0.4) is 0 Å². The minimum Gasteiger partial charge on any atom is -0.353 e. The zero-order valence-corrected chi connectivity index (χ0v) is 13.5. The van der Waals surface area contributed by atoms with Crippen LogP contribution in [0.25, 0.3) is 44.5 Å². The SMILES string of the molecule is Cc1ccncc1-c1cnc2[nH]nc(-c3cc4cnccc4[nH]3)c2c1. The largest absolute Gasteiger partial charge is 0.353 e. The van der Waals surface area contributed by atoms with Gasteiger partial charge in [-0.15, -0.1) is 0 Å². The average molecular weight is 326 g/mol. The molecule has 0 atom stereocenters. The van der Waals surface area contributed by atoms with Gasteiger partial charge in [0.15, 0.2) is 5.65 Å². The molecular weight excluding hydrogens is 312 g/mol. The molecule has 2 N–H and O–H groups in total. The van der Waals surface area contributed by atoms with Crippen LogP contribution in [-0.4, -0.2) is 30.1 Å². The number of aromatic nitrogens is 6. The number of rotatable bonds is 2. The molecule has 0 bridgehead atoms. The number of pyridine rings is 3. The van der Waals surface area contributed by atoms with Gasteiger partial charge in [-0.3, -0.25) is 15.1 Å². The Kier molecular flexibility index (Phi) is 2.90. The predicted molar refractivity (Wildman–Crippen MR) is 96.9 cm³/mol. The van der Waals surface area contributed by atoms with Crippen LogP contribution in [0, 0.1) is 6.92 Å². The lowest BCUT2D eigenvalue weighted by molar-refractivity contribution is 1.10. The van der Waals surface area contributed by atoms with Crippen LogP contribution in [0.4, 0.5) is 0 Å². The molecular formula is C19H14N6. The smallest absolute Gasteiger partial charge is 0.155 e. The third-order valence-corrected chi connectivity index (χ3v) is 4.44. The molecule has 0 radical (unpaired) electrons. The van der Waals surface area contributed by atoms with E-state index in [2.05, 4.69) is 49.2 Å². The van der Waals surface area contributed by atoms with Crippen LogP contribution in [0.1, 0.15) is 5.56 Å². The maximum Gasteiger partial charge on any atom is 0.155 e. The highest BCUT2D eigenvalue weighted by Gasteiger charge is 2.13. The highest BCUT2D eigenvalue weighted by molar-refractivity contribution is 5.95. The third kappa shape index (κ3) is 2.19. The quantitative estimate of drug-likeness (QED) is 0.516. The van der Waals surface area contributed by atoms with Crippen molar-refractivity contribution in [1.82, 2.24) is 30.1 Å². The summed E-state index contributed by atoms with van der Waals surface area (Å²) in [5.41, 5.74) is 6.85. The molecule has 6 heteroatoms. The minimum absolute atomic E-state index is 0.761. The Bertz CT molecular complexity index is 1180. The predicted octanol–water partition coefficient (Wildman–Crippen LogP) is 3.87. The third-order valence-electron chi connectivity index (χ3n) is 4.44. The Morgan fingerprint density at radius 2 is 1.84 bits per heavy atom. The molecule has 0 saturated carbocycles. The molecule has 5 aromatic rings. The lowest BCUT2D eigenvalue weighted by atomic mass is 10.0. The van der Waals surface area contributed by atoms with E-state index in [-0.39, 0.29) is 0 Å². The summed E-state index contributed by atoms with van der Waals surface area (Å²) in [4.78, 5) is 16.3. The molecule has 5 aromatic heterocycles. The van der Waals surface area contributed by atoms with Crippen LogP contribution < -0.4 is 0 Å². The molecule has 120 valence electrons. The Morgan fingerprint density at radius 1 is 0.960 bits per heavy atom. The van der Waals surface area contributed by atoms with Gasteiger partial charge in [-0.1, -0.05) is 0 Å². The number of hydrogen-bond acceptors (Lipinski definition) is 4. The van der Waals surface area contributed by atoms with Crippen molar-refractivity contribution >= 4 is 21.9 Å². The Balaban J connectivity index is 1.71. The maximum atomic E-state index is 4.53. The van der Waals surface area contributed by atoms with E-state index in [0.29, 0.717) is 0 Å². The molecule has 0 unspecified atom stereocenters. The first kappa shape index (κ1) is 13.9. The van der Waals surface area contributed by atoms with Gasteiger partial charge in [-0.2, -0.15) is 5.10 Å². The van der Waals surface area contributed by atoms with E-state index < -0.39 is 0 Å². The van der Waals surface area contributed by atoms with Gasteiger partial charge in [0.2, 0.25) is 0 Å². The summed E-state index contributed by atoms with van der Waals surface area (Å²) in [6.07, 6.45) is 9.13. The van der Waals surface area contributed by atoms with Crippen LogP contribution in [-0.2, 0) is 0 Å². The molecule has 5 rings (SSSR count). The summed E-state index contributed by atoms with van der Waals surface area (Å²) in [7, 11) is 0. The fourth-order valence-corrected chi connectivity index (χ4v) is 3.12. The molecule has 0 saturated heterocycles. The van der Waals surface area contributed by atoms with E-state index >= 15 is 0 Å². The van der Waals surface area contributed by atoms with E-state index in [1.165, 1.54) is 0 Å². The van der Waals surface area contributed by atoms with E-state index in [9.17, 15) is 0 Å². The van der Waals surface area contributed by atoms with Gasteiger partial charge in [0.1, 0.15) is 5.69 Å². The average Bonchev–Trinajstić information content (AvgIpc) is 3.25. The van der Waals surface area contributed by atoms with Crippen molar-refractivity contribution in [2.75, 3.05) is 0 Å². The first-order chi connectivity index (χ1) is 12.3. The van der Waals surface area contributed by atoms with E-state index in [1.54, 1.807) is 12.4 Å². The molecule has 0 aliphatic heterocycles. The van der Waals surface area contributed by atoms with Gasteiger partial charge in [0.05, 0.1) is 5.69 Å². The zero-order valence-electron chi connectivity index (χ0n) is 13.5. The maximum absolute atomic E-state index is 4.53. The highest BCUT2D eigenvalue weighted by Crippen LogP contribution is 2.31. The topological polar surface area (TPSA) is 83.1 Å². The fourth-order valence-electron chi connectivity index (χ4n) is 3.12. The Labute approximate surface area is 143 Å². The summed E-state index contributed by atoms with van der Waals surface area (Å²) in [5, 5.41) is 9.50. The van der Waals surface area contributed by atoms with Gasteiger partial charge in [0, 0.05) is 58.4 Å². The minimum atomic E-state index is 0.761. The number of aryl methyl sites for hydroxylation is 1. The second-order valence-electron chi connectivity index (χ2n) is 6.03. The summed E-state index contributed by atoms with van der Waals surface area (Å²) in [5.74, 6) is 0. The number of H-pyrrole nitrogens is 2. The van der Waals surface area contributed by atoms with Crippen LogP contribution in [0.2, 0.25) is 0 Å². The normalized spacial score (nSPS) is 11.4. The van der Waals surface area contributed by atoms with Crippen molar-refractivity contribution in [1.29, 1.82) is 0 Å². The van der Waals surface area contributed by atoms with Crippen molar-refractivity contribution < 1.29 is 0 Å². The molecule has 0 fully saturated rings. The molecule has 0 amide bonds. The Hall–Kier alpha value is -3.54. The molecule has 25 heavy (non-hydrogen) atoms. The summed E-state index contributed by atoms with van der Waals surface area (Å²) < 4.78 is 0. The van der Waals surface area contributed by atoms with Gasteiger partial charge in [-0.05, 0) is 36.8 Å². The van der Waals surface area contributed by atoms with Crippen LogP contribution in [0.15, 0.2) is 55.2 Å². The summed E-state index contributed by atoms with van der Waals surface area (Å²) in [6.45, 7) is 2.07. The fraction of sp³-hybridized carbons (Fsp3) is 0.0526. The van der Waals surface area contributed by atoms with Gasteiger partial charge in [0.25, 0.3) is 0 Å². The van der Waals surface area contributed by atoms with Gasteiger partial charge < -0.3 is 4.98 Å². The standard InChI is InChI=1S/C19H14N6/c1-11-2-4-21-10-15(11)12-6-14-18(24-25-19(14)22-9-12)17-7-13-8-20-5-3-16(13)23-17/h2-10,23H,1H3,(H,22,24,25). The van der Waals surface area contributed by atoms with Crippen molar-refractivity contribution in [3.8, 4) is 22.5 Å². The highest BCUT2D eigenvalue weighted by atomic mass is 15.2. The number of hydrogen-bond donors (Lipinski definition) is 2. The van der Waals surface area contributed by atoms with Crippen molar-refractivity contribution in [2.24, 2.45) is 0 Å². The molecule has 5 heterocycles. The van der Waals surface area contributed by atoms with Crippen molar-refractivity contribution in [3.63, 3.8) is 0 Å². The van der Waals surface area contributed by atoms with Crippen LogP contribution >= 0.6 is 0 Å². The molecule has 0 aliphatic rings. The van der Waals surface area contributed by atoms with Crippen LogP contribution in [0.5, 0.6) is 0 Å². The molecule has 0 aliphatic carbocycles. The Morgan fingerprint density at radius 3 is 2.72 bits per heavy atom. The molecule has 6 nitrogen and oxygen atoms in total. The number of nitrogens with one attached hydrogen (secondary N) is 2. The van der Waals surface area contributed by atoms with E-state index in [4.69, 9.17) is 0 Å². The van der Waals surface area contributed by atoms with Crippen molar-refractivity contribution in [3.05, 3.63) is 60.8 Å². The number of fused-ring (bicyclic) bond motifs is 2. The molecule has 0 aromatic carbocycles.